The van der Waals surface area contributed by atoms with Crippen molar-refractivity contribution in [3.05, 3.63) is 0 Å². The fourth-order valence-corrected chi connectivity index (χ4v) is 3.37. The molecule has 15 heavy (non-hydrogen) atoms. The van der Waals surface area contributed by atoms with Crippen LogP contribution >= 0.6 is 0 Å². The highest BCUT2D eigenvalue weighted by molar-refractivity contribution is 4.88. The second kappa shape index (κ2) is 5.31. The molecule has 2 rings (SSSR count). The van der Waals surface area contributed by atoms with E-state index in [1.807, 2.05) is 0 Å². The topological polar surface area (TPSA) is 21.3 Å². The quantitative estimate of drug-likeness (QED) is 0.771. The summed E-state index contributed by atoms with van der Waals surface area (Å²) in [4.78, 5) is 0. The van der Waals surface area contributed by atoms with E-state index in [0.717, 1.165) is 31.0 Å². The van der Waals surface area contributed by atoms with Crippen molar-refractivity contribution in [3.8, 4) is 0 Å². The summed E-state index contributed by atoms with van der Waals surface area (Å²) < 4.78 is 5.71. The highest BCUT2D eigenvalue weighted by Crippen LogP contribution is 2.34. The van der Waals surface area contributed by atoms with Crippen molar-refractivity contribution in [2.45, 2.75) is 58.1 Å². The van der Waals surface area contributed by atoms with Gasteiger partial charge in [-0.05, 0) is 38.6 Å². The van der Waals surface area contributed by atoms with Gasteiger partial charge >= 0.3 is 0 Å². The van der Waals surface area contributed by atoms with E-state index in [0.29, 0.717) is 6.10 Å². The van der Waals surface area contributed by atoms with Gasteiger partial charge in [0.05, 0.1) is 12.7 Å². The van der Waals surface area contributed by atoms with Crippen LogP contribution in [0.2, 0.25) is 0 Å². The molecular formula is C13H25NO. The predicted molar refractivity (Wildman–Crippen MR) is 62.9 cm³/mol. The molecule has 0 amide bonds. The SMILES string of the molecule is CCNC(C1CCCC1)C1COC(C)C1. The minimum atomic E-state index is 0.484. The number of rotatable bonds is 4. The molecule has 2 heteroatoms. The van der Waals surface area contributed by atoms with Gasteiger partial charge in [-0.15, -0.1) is 0 Å². The average Bonchev–Trinajstić information content (AvgIpc) is 2.85. The maximum Gasteiger partial charge on any atom is 0.0551 e. The summed E-state index contributed by atoms with van der Waals surface area (Å²) in [6.07, 6.45) is 7.49. The Labute approximate surface area is 93.8 Å². The van der Waals surface area contributed by atoms with Crippen molar-refractivity contribution in [1.82, 2.24) is 5.32 Å². The molecule has 3 unspecified atom stereocenters. The largest absolute Gasteiger partial charge is 0.378 e. The van der Waals surface area contributed by atoms with Crippen molar-refractivity contribution in [1.29, 1.82) is 0 Å². The maximum atomic E-state index is 5.71. The molecule has 0 aromatic rings. The van der Waals surface area contributed by atoms with E-state index in [1.54, 1.807) is 0 Å². The number of nitrogens with one attached hydrogen (secondary N) is 1. The molecule has 3 atom stereocenters. The van der Waals surface area contributed by atoms with Crippen LogP contribution in [0.15, 0.2) is 0 Å². The zero-order valence-electron chi connectivity index (χ0n) is 10.2. The molecule has 1 aliphatic carbocycles. The lowest BCUT2D eigenvalue weighted by Gasteiger charge is -2.29. The van der Waals surface area contributed by atoms with Gasteiger partial charge in [0.25, 0.3) is 0 Å². The first kappa shape index (κ1) is 11.4. The summed E-state index contributed by atoms with van der Waals surface area (Å²) in [5.74, 6) is 1.69. The molecule has 2 fully saturated rings. The molecule has 1 saturated heterocycles. The van der Waals surface area contributed by atoms with Gasteiger partial charge in [0.1, 0.15) is 0 Å². The molecule has 2 nitrogen and oxygen atoms in total. The number of hydrogen-bond donors (Lipinski definition) is 1. The zero-order valence-corrected chi connectivity index (χ0v) is 10.2. The number of hydrogen-bond acceptors (Lipinski definition) is 2. The van der Waals surface area contributed by atoms with Crippen LogP contribution in [0.25, 0.3) is 0 Å². The minimum absolute atomic E-state index is 0.484. The molecule has 0 radical (unpaired) electrons. The summed E-state index contributed by atoms with van der Waals surface area (Å²) in [6.45, 7) is 6.51. The highest BCUT2D eigenvalue weighted by Gasteiger charge is 2.35. The average molecular weight is 211 g/mol. The van der Waals surface area contributed by atoms with Crippen molar-refractivity contribution in [2.24, 2.45) is 11.8 Å². The summed E-state index contributed by atoms with van der Waals surface area (Å²) >= 11 is 0. The Hall–Kier alpha value is -0.0800. The van der Waals surface area contributed by atoms with Crippen LogP contribution in [-0.2, 0) is 4.74 Å². The third-order valence-electron chi connectivity index (χ3n) is 4.08. The van der Waals surface area contributed by atoms with Crippen LogP contribution in [0.1, 0.15) is 46.0 Å². The first-order valence-corrected chi connectivity index (χ1v) is 6.66. The van der Waals surface area contributed by atoms with Crippen molar-refractivity contribution < 1.29 is 4.74 Å². The third kappa shape index (κ3) is 2.73. The lowest BCUT2D eigenvalue weighted by Crippen LogP contribution is -2.41. The molecule has 1 N–H and O–H groups in total. The second-order valence-corrected chi connectivity index (χ2v) is 5.27. The van der Waals surface area contributed by atoms with E-state index < -0.39 is 0 Å². The lowest BCUT2D eigenvalue weighted by molar-refractivity contribution is 0.113. The summed E-state index contributed by atoms with van der Waals surface area (Å²) in [5, 5.41) is 3.71. The van der Waals surface area contributed by atoms with E-state index in [2.05, 4.69) is 19.2 Å². The van der Waals surface area contributed by atoms with Crippen molar-refractivity contribution in [2.75, 3.05) is 13.2 Å². The monoisotopic (exact) mass is 211 g/mol. The normalized spacial score (nSPS) is 34.8. The van der Waals surface area contributed by atoms with E-state index in [-0.39, 0.29) is 0 Å². The zero-order chi connectivity index (χ0) is 10.7. The Morgan fingerprint density at radius 2 is 2.00 bits per heavy atom. The van der Waals surface area contributed by atoms with Gasteiger partial charge in [-0.2, -0.15) is 0 Å². The van der Waals surface area contributed by atoms with Crippen molar-refractivity contribution >= 4 is 0 Å². The molecule has 0 spiro atoms. The minimum Gasteiger partial charge on any atom is -0.378 e. The Balaban J connectivity index is 1.92. The molecular weight excluding hydrogens is 186 g/mol. The first-order valence-electron chi connectivity index (χ1n) is 6.66. The predicted octanol–water partition coefficient (Wildman–Crippen LogP) is 2.58. The van der Waals surface area contributed by atoms with Crippen LogP contribution in [0, 0.1) is 11.8 Å². The van der Waals surface area contributed by atoms with Gasteiger partial charge < -0.3 is 10.1 Å². The van der Waals surface area contributed by atoms with E-state index >= 15 is 0 Å². The third-order valence-corrected chi connectivity index (χ3v) is 4.08. The Morgan fingerprint density at radius 1 is 1.27 bits per heavy atom. The van der Waals surface area contributed by atoms with Gasteiger partial charge in [-0.1, -0.05) is 19.8 Å². The van der Waals surface area contributed by atoms with Crippen LogP contribution < -0.4 is 5.32 Å². The molecule has 0 aromatic heterocycles. The molecule has 2 aliphatic rings. The molecule has 1 heterocycles. The first-order chi connectivity index (χ1) is 7.31. The highest BCUT2D eigenvalue weighted by atomic mass is 16.5. The lowest BCUT2D eigenvalue weighted by atomic mass is 9.85. The number of ether oxygens (including phenoxy) is 1. The van der Waals surface area contributed by atoms with Crippen molar-refractivity contribution in [3.63, 3.8) is 0 Å². The van der Waals surface area contributed by atoms with Crippen LogP contribution in [0.5, 0.6) is 0 Å². The van der Waals surface area contributed by atoms with Crippen LogP contribution in [0.4, 0.5) is 0 Å². The molecule has 1 aliphatic heterocycles. The van der Waals surface area contributed by atoms with Gasteiger partial charge in [0.15, 0.2) is 0 Å². The fourth-order valence-electron chi connectivity index (χ4n) is 3.37. The van der Waals surface area contributed by atoms with Gasteiger partial charge in [-0.3, -0.25) is 0 Å². The van der Waals surface area contributed by atoms with Gasteiger partial charge in [-0.25, -0.2) is 0 Å². The maximum absolute atomic E-state index is 5.71. The fraction of sp³-hybridized carbons (Fsp3) is 1.00. The molecule has 88 valence electrons. The second-order valence-electron chi connectivity index (χ2n) is 5.27. The van der Waals surface area contributed by atoms with E-state index in [1.165, 1.54) is 32.1 Å². The molecule has 0 bridgehead atoms. The Kier molecular flexibility index (Phi) is 4.04. The van der Waals surface area contributed by atoms with E-state index in [9.17, 15) is 0 Å². The summed E-state index contributed by atoms with van der Waals surface area (Å²) in [5.41, 5.74) is 0. The molecule has 0 aromatic carbocycles. The summed E-state index contributed by atoms with van der Waals surface area (Å²) in [7, 11) is 0. The standard InChI is InChI=1S/C13H25NO/c1-3-14-13(11-6-4-5-7-11)12-8-10(2)15-9-12/h10-14H,3-9H2,1-2H3. The van der Waals surface area contributed by atoms with Crippen LogP contribution in [0.3, 0.4) is 0 Å². The van der Waals surface area contributed by atoms with Gasteiger partial charge in [0, 0.05) is 12.0 Å². The smallest absolute Gasteiger partial charge is 0.0551 e. The van der Waals surface area contributed by atoms with Gasteiger partial charge in [0.2, 0.25) is 0 Å². The van der Waals surface area contributed by atoms with E-state index in [4.69, 9.17) is 4.74 Å². The Morgan fingerprint density at radius 3 is 2.53 bits per heavy atom. The molecule has 1 saturated carbocycles. The van der Waals surface area contributed by atoms with Crippen LogP contribution in [-0.4, -0.2) is 25.3 Å². The summed E-state index contributed by atoms with van der Waals surface area (Å²) in [6, 6.07) is 0.724. The Bertz CT molecular complexity index is 189.